The second kappa shape index (κ2) is 4.61. The molecule has 0 aliphatic carbocycles. The summed E-state index contributed by atoms with van der Waals surface area (Å²) in [5.74, 6) is 0. The first kappa shape index (κ1) is 9.73. The van der Waals surface area contributed by atoms with Gasteiger partial charge in [0.15, 0.2) is 0 Å². The summed E-state index contributed by atoms with van der Waals surface area (Å²) in [5, 5.41) is 0. The van der Waals surface area contributed by atoms with Crippen molar-refractivity contribution in [3.63, 3.8) is 0 Å². The first-order valence-corrected chi connectivity index (χ1v) is 4.86. The number of hydrogen-bond donors (Lipinski definition) is 2. The fourth-order valence-corrected chi connectivity index (χ4v) is 1.43. The van der Waals surface area contributed by atoms with Gasteiger partial charge in [-0.15, -0.1) is 0 Å². The van der Waals surface area contributed by atoms with Crippen LogP contribution in [0.15, 0.2) is 43.0 Å². The van der Waals surface area contributed by atoms with Crippen LogP contribution in [0.1, 0.15) is 5.56 Å². The zero-order chi connectivity index (χ0) is 10.5. The van der Waals surface area contributed by atoms with E-state index in [1.807, 2.05) is 36.3 Å². The monoisotopic (exact) mass is 202 g/mol. The Balaban J connectivity index is 2.04. The summed E-state index contributed by atoms with van der Waals surface area (Å²) in [6, 6.07) is 8.28. The summed E-state index contributed by atoms with van der Waals surface area (Å²) in [6.45, 7) is 0.861. The largest absolute Gasteiger partial charge is 0.333 e. The van der Waals surface area contributed by atoms with Crippen molar-refractivity contribution in [2.24, 2.45) is 0 Å². The maximum Gasteiger partial charge on any atom is 0.0949 e. The van der Waals surface area contributed by atoms with Crippen LogP contribution in [0.25, 0.3) is 0 Å². The highest BCUT2D eigenvalue weighted by Gasteiger charge is 1.94. The van der Waals surface area contributed by atoms with Crippen LogP contribution >= 0.6 is 0 Å². The van der Waals surface area contributed by atoms with Crippen LogP contribution in [0.4, 0.5) is 5.69 Å². The van der Waals surface area contributed by atoms with Gasteiger partial charge in [-0.25, -0.2) is 10.4 Å². The highest BCUT2D eigenvalue weighted by molar-refractivity contribution is 5.43. The minimum atomic E-state index is 0.861. The molecule has 78 valence electrons. The van der Waals surface area contributed by atoms with Crippen molar-refractivity contribution in [2.45, 2.75) is 6.54 Å². The number of rotatable bonds is 4. The predicted molar refractivity (Wildman–Crippen MR) is 60.5 cm³/mol. The number of anilines is 1. The van der Waals surface area contributed by atoms with Gasteiger partial charge in [-0.2, -0.15) is 0 Å². The lowest BCUT2D eigenvalue weighted by atomic mass is 10.2. The van der Waals surface area contributed by atoms with E-state index in [4.69, 9.17) is 0 Å². The number of imidazole rings is 1. The Morgan fingerprint density at radius 1 is 1.27 bits per heavy atom. The molecule has 4 heteroatoms. The van der Waals surface area contributed by atoms with E-state index >= 15 is 0 Å². The standard InChI is InChI=1S/C11H14N4/c1-12-14-11-4-2-10(3-5-11)8-15-7-6-13-9-15/h2-7,9,12,14H,8H2,1H3. The lowest BCUT2D eigenvalue weighted by molar-refractivity contribution is 0.797. The molecular formula is C11H14N4. The minimum absolute atomic E-state index is 0.861. The molecule has 0 atom stereocenters. The molecule has 2 N–H and O–H groups in total. The molecule has 1 aromatic heterocycles. The molecule has 2 rings (SSSR count). The van der Waals surface area contributed by atoms with Crippen LogP contribution in [0.2, 0.25) is 0 Å². The molecule has 0 bridgehead atoms. The second-order valence-electron chi connectivity index (χ2n) is 3.31. The molecule has 0 saturated heterocycles. The van der Waals surface area contributed by atoms with Crippen molar-refractivity contribution in [2.75, 3.05) is 12.5 Å². The molecule has 0 amide bonds. The molecule has 1 heterocycles. The second-order valence-corrected chi connectivity index (χ2v) is 3.31. The molecule has 2 aromatic rings. The molecule has 0 radical (unpaired) electrons. The highest BCUT2D eigenvalue weighted by Crippen LogP contribution is 2.09. The quantitative estimate of drug-likeness (QED) is 0.738. The van der Waals surface area contributed by atoms with Gasteiger partial charge < -0.3 is 9.99 Å². The van der Waals surface area contributed by atoms with Crippen LogP contribution in [0.3, 0.4) is 0 Å². The Morgan fingerprint density at radius 3 is 2.67 bits per heavy atom. The van der Waals surface area contributed by atoms with E-state index in [-0.39, 0.29) is 0 Å². The molecule has 4 nitrogen and oxygen atoms in total. The van der Waals surface area contributed by atoms with Gasteiger partial charge in [-0.05, 0) is 17.7 Å². The Hall–Kier alpha value is -1.81. The van der Waals surface area contributed by atoms with Gasteiger partial charge >= 0.3 is 0 Å². The Bertz CT molecular complexity index is 391. The summed E-state index contributed by atoms with van der Waals surface area (Å²) in [7, 11) is 1.85. The maximum atomic E-state index is 4.01. The summed E-state index contributed by atoms with van der Waals surface area (Å²) in [6.07, 6.45) is 5.57. The van der Waals surface area contributed by atoms with Crippen molar-refractivity contribution in [1.29, 1.82) is 0 Å². The number of benzene rings is 1. The zero-order valence-electron chi connectivity index (χ0n) is 8.64. The van der Waals surface area contributed by atoms with Gasteiger partial charge in [0.1, 0.15) is 0 Å². The number of hydrazine groups is 1. The molecule has 1 aromatic carbocycles. The van der Waals surface area contributed by atoms with Gasteiger partial charge in [-0.1, -0.05) is 12.1 Å². The summed E-state index contributed by atoms with van der Waals surface area (Å²) < 4.78 is 2.04. The van der Waals surface area contributed by atoms with Gasteiger partial charge in [-0.3, -0.25) is 0 Å². The Morgan fingerprint density at radius 2 is 2.07 bits per heavy atom. The predicted octanol–water partition coefficient (Wildman–Crippen LogP) is 1.48. The van der Waals surface area contributed by atoms with Crippen LogP contribution < -0.4 is 10.9 Å². The van der Waals surface area contributed by atoms with E-state index in [1.165, 1.54) is 5.56 Å². The van der Waals surface area contributed by atoms with Crippen molar-refractivity contribution < 1.29 is 0 Å². The van der Waals surface area contributed by atoms with Crippen LogP contribution in [0, 0.1) is 0 Å². The molecule has 0 fully saturated rings. The van der Waals surface area contributed by atoms with Gasteiger partial charge in [0.25, 0.3) is 0 Å². The summed E-state index contributed by atoms with van der Waals surface area (Å²) in [4.78, 5) is 4.01. The smallest absolute Gasteiger partial charge is 0.0949 e. The molecular weight excluding hydrogens is 188 g/mol. The number of hydrogen-bond acceptors (Lipinski definition) is 3. The number of aromatic nitrogens is 2. The average Bonchev–Trinajstić information content (AvgIpc) is 2.74. The maximum absolute atomic E-state index is 4.01. The normalized spacial score (nSPS) is 10.2. The highest BCUT2D eigenvalue weighted by atomic mass is 15.3. The van der Waals surface area contributed by atoms with Gasteiger partial charge in [0.2, 0.25) is 0 Å². The van der Waals surface area contributed by atoms with E-state index < -0.39 is 0 Å². The van der Waals surface area contributed by atoms with Crippen molar-refractivity contribution in [3.05, 3.63) is 48.5 Å². The molecule has 0 unspecified atom stereocenters. The van der Waals surface area contributed by atoms with Crippen molar-refractivity contribution in [3.8, 4) is 0 Å². The fourth-order valence-electron chi connectivity index (χ4n) is 1.43. The lowest BCUT2D eigenvalue weighted by Gasteiger charge is -2.06. The minimum Gasteiger partial charge on any atom is -0.333 e. The molecule has 0 saturated carbocycles. The third-order valence-corrected chi connectivity index (χ3v) is 2.15. The van der Waals surface area contributed by atoms with Gasteiger partial charge in [0, 0.05) is 31.7 Å². The first-order valence-electron chi connectivity index (χ1n) is 4.86. The van der Waals surface area contributed by atoms with Crippen LogP contribution in [-0.4, -0.2) is 16.6 Å². The van der Waals surface area contributed by atoms with Crippen molar-refractivity contribution in [1.82, 2.24) is 15.0 Å². The van der Waals surface area contributed by atoms with E-state index in [9.17, 15) is 0 Å². The van der Waals surface area contributed by atoms with E-state index in [2.05, 4.69) is 28.0 Å². The van der Waals surface area contributed by atoms with Crippen molar-refractivity contribution >= 4 is 5.69 Å². The number of nitrogens with zero attached hydrogens (tertiary/aromatic N) is 2. The molecule has 0 spiro atoms. The average molecular weight is 202 g/mol. The van der Waals surface area contributed by atoms with Crippen LogP contribution in [0.5, 0.6) is 0 Å². The Labute approximate surface area is 88.9 Å². The fraction of sp³-hybridized carbons (Fsp3) is 0.182. The molecule has 0 aliphatic rings. The lowest BCUT2D eigenvalue weighted by Crippen LogP contribution is -2.14. The SMILES string of the molecule is CNNc1ccc(Cn2ccnc2)cc1. The van der Waals surface area contributed by atoms with Gasteiger partial charge in [0.05, 0.1) is 6.33 Å². The first-order chi connectivity index (χ1) is 7.38. The van der Waals surface area contributed by atoms with Crippen LogP contribution in [-0.2, 0) is 6.54 Å². The zero-order valence-corrected chi connectivity index (χ0v) is 8.64. The third kappa shape index (κ3) is 2.57. The third-order valence-electron chi connectivity index (χ3n) is 2.15. The topological polar surface area (TPSA) is 41.9 Å². The van der Waals surface area contributed by atoms with E-state index in [0.717, 1.165) is 12.2 Å². The number of nitrogens with one attached hydrogen (secondary N) is 2. The molecule has 0 aliphatic heterocycles. The van der Waals surface area contributed by atoms with E-state index in [0.29, 0.717) is 0 Å². The summed E-state index contributed by atoms with van der Waals surface area (Å²) in [5.41, 5.74) is 8.23. The molecule has 15 heavy (non-hydrogen) atoms. The Kier molecular flexibility index (Phi) is 2.99. The summed E-state index contributed by atoms with van der Waals surface area (Å²) >= 11 is 0. The van der Waals surface area contributed by atoms with E-state index in [1.54, 1.807) is 6.20 Å².